The number of hydrogen-bond acceptors (Lipinski definition) is 2. The quantitative estimate of drug-likeness (QED) is 0.758. The van der Waals surface area contributed by atoms with Crippen molar-refractivity contribution < 1.29 is 18.0 Å². The third-order valence-electron chi connectivity index (χ3n) is 2.02. The molecule has 0 saturated heterocycles. The molecule has 0 amide bonds. The summed E-state index contributed by atoms with van der Waals surface area (Å²) in [5, 5.41) is 0. The number of halogens is 4. The van der Waals surface area contributed by atoms with Crippen LogP contribution in [0.25, 0.3) is 5.65 Å². The summed E-state index contributed by atoms with van der Waals surface area (Å²) in [7, 11) is 0. The van der Waals surface area contributed by atoms with Gasteiger partial charge in [-0.1, -0.05) is 0 Å². The molecule has 16 heavy (non-hydrogen) atoms. The van der Waals surface area contributed by atoms with Crippen molar-refractivity contribution >= 4 is 27.9 Å². The monoisotopic (exact) mass is 292 g/mol. The van der Waals surface area contributed by atoms with Crippen LogP contribution >= 0.6 is 15.9 Å². The minimum Gasteiger partial charge on any atom is -0.296 e. The molecule has 0 N–H and O–H groups in total. The minimum absolute atomic E-state index is 0.0688. The van der Waals surface area contributed by atoms with Gasteiger partial charge in [0, 0.05) is 6.20 Å². The maximum absolute atomic E-state index is 12.4. The Morgan fingerprint density at radius 2 is 2.06 bits per heavy atom. The molecular formula is C9H4BrF3N2O. The van der Waals surface area contributed by atoms with Crippen LogP contribution in [-0.2, 0) is 6.18 Å². The summed E-state index contributed by atoms with van der Waals surface area (Å²) in [5.74, 6) is 0. The molecule has 0 atom stereocenters. The fraction of sp³-hybridized carbons (Fsp3) is 0.111. The molecular weight excluding hydrogens is 289 g/mol. The van der Waals surface area contributed by atoms with E-state index >= 15 is 0 Å². The largest absolute Gasteiger partial charge is 0.417 e. The first kappa shape index (κ1) is 11.1. The number of hydrogen-bond donors (Lipinski definition) is 0. The number of carbonyl (C=O) groups excluding carboxylic acids is 1. The predicted octanol–water partition coefficient (Wildman–Crippen LogP) is 2.93. The number of fused-ring (bicyclic) bond motifs is 1. The number of pyridine rings is 1. The summed E-state index contributed by atoms with van der Waals surface area (Å²) in [6.07, 6.45) is -3.05. The number of rotatable bonds is 1. The second-order valence-corrected chi connectivity index (χ2v) is 3.80. The van der Waals surface area contributed by atoms with Crippen molar-refractivity contribution in [3.8, 4) is 0 Å². The molecule has 2 aromatic heterocycles. The molecule has 3 nitrogen and oxygen atoms in total. The first-order valence-corrected chi connectivity index (χ1v) is 4.93. The summed E-state index contributed by atoms with van der Waals surface area (Å²) in [4.78, 5) is 14.4. The van der Waals surface area contributed by atoms with Crippen LogP contribution in [0.5, 0.6) is 0 Å². The lowest BCUT2D eigenvalue weighted by molar-refractivity contribution is -0.137. The highest BCUT2D eigenvalue weighted by atomic mass is 79.9. The van der Waals surface area contributed by atoms with Crippen molar-refractivity contribution in [2.45, 2.75) is 6.18 Å². The molecule has 0 aromatic carbocycles. The predicted molar refractivity (Wildman–Crippen MR) is 53.3 cm³/mol. The highest BCUT2D eigenvalue weighted by Gasteiger charge is 2.31. The highest BCUT2D eigenvalue weighted by molar-refractivity contribution is 9.10. The van der Waals surface area contributed by atoms with Crippen LogP contribution in [0.3, 0.4) is 0 Å². The van der Waals surface area contributed by atoms with Gasteiger partial charge in [0.1, 0.15) is 15.9 Å². The molecule has 0 fully saturated rings. The SMILES string of the molecule is O=Cc1nc2ccc(C(F)(F)F)cn2c1Br. The van der Waals surface area contributed by atoms with Gasteiger partial charge in [0.2, 0.25) is 0 Å². The van der Waals surface area contributed by atoms with E-state index in [-0.39, 0.29) is 15.9 Å². The molecule has 0 radical (unpaired) electrons. The maximum atomic E-state index is 12.4. The molecule has 2 aromatic rings. The molecule has 0 aliphatic rings. The molecule has 0 spiro atoms. The van der Waals surface area contributed by atoms with Gasteiger partial charge in [-0.25, -0.2) is 4.98 Å². The second-order valence-electron chi connectivity index (χ2n) is 3.05. The van der Waals surface area contributed by atoms with Crippen LogP contribution in [0, 0.1) is 0 Å². The number of alkyl halides is 3. The second kappa shape index (κ2) is 3.58. The molecule has 0 unspecified atom stereocenters. The van der Waals surface area contributed by atoms with Gasteiger partial charge in [-0.05, 0) is 28.1 Å². The minimum atomic E-state index is -4.42. The van der Waals surface area contributed by atoms with E-state index < -0.39 is 11.7 Å². The standard InChI is InChI=1S/C9H4BrF3N2O/c10-8-6(4-16)14-7-2-1-5(3-15(7)8)9(11,12)13/h1-4H. The zero-order valence-electron chi connectivity index (χ0n) is 7.62. The summed E-state index contributed by atoms with van der Waals surface area (Å²) >= 11 is 3.01. The molecule has 0 aliphatic heterocycles. The van der Waals surface area contributed by atoms with Crippen LogP contribution in [0.15, 0.2) is 22.9 Å². The Morgan fingerprint density at radius 3 is 2.62 bits per heavy atom. The van der Waals surface area contributed by atoms with Crippen LogP contribution in [0.1, 0.15) is 16.1 Å². The van der Waals surface area contributed by atoms with Crippen molar-refractivity contribution in [3.63, 3.8) is 0 Å². The zero-order valence-corrected chi connectivity index (χ0v) is 9.21. The van der Waals surface area contributed by atoms with Gasteiger partial charge in [-0.15, -0.1) is 0 Å². The van der Waals surface area contributed by atoms with Crippen LogP contribution in [0.4, 0.5) is 13.2 Å². The third kappa shape index (κ3) is 1.71. The number of carbonyl (C=O) groups is 1. The van der Waals surface area contributed by atoms with Crippen molar-refractivity contribution in [1.29, 1.82) is 0 Å². The number of nitrogens with zero attached hydrogens (tertiary/aromatic N) is 2. The first-order chi connectivity index (χ1) is 7.43. The van der Waals surface area contributed by atoms with Crippen LogP contribution in [-0.4, -0.2) is 15.7 Å². The average molecular weight is 293 g/mol. The smallest absolute Gasteiger partial charge is 0.296 e. The fourth-order valence-corrected chi connectivity index (χ4v) is 1.74. The van der Waals surface area contributed by atoms with E-state index in [4.69, 9.17) is 0 Å². The Bertz CT molecular complexity index is 562. The lowest BCUT2D eigenvalue weighted by atomic mass is 10.3. The Hall–Kier alpha value is -1.37. The van der Waals surface area contributed by atoms with E-state index in [9.17, 15) is 18.0 Å². The van der Waals surface area contributed by atoms with E-state index in [1.54, 1.807) is 0 Å². The number of imidazole rings is 1. The van der Waals surface area contributed by atoms with Crippen molar-refractivity contribution in [1.82, 2.24) is 9.38 Å². The molecule has 2 rings (SSSR count). The van der Waals surface area contributed by atoms with E-state index in [0.717, 1.165) is 12.3 Å². The molecule has 7 heteroatoms. The molecule has 0 aliphatic carbocycles. The Balaban J connectivity index is 2.70. The van der Waals surface area contributed by atoms with Gasteiger partial charge in [0.25, 0.3) is 0 Å². The normalized spacial score (nSPS) is 12.0. The number of aromatic nitrogens is 2. The van der Waals surface area contributed by atoms with Gasteiger partial charge in [-0.2, -0.15) is 13.2 Å². The molecule has 84 valence electrons. The van der Waals surface area contributed by atoms with E-state index in [1.165, 1.54) is 10.5 Å². The lowest BCUT2D eigenvalue weighted by Crippen LogP contribution is -2.06. The van der Waals surface area contributed by atoms with E-state index in [1.807, 2.05) is 0 Å². The average Bonchev–Trinajstić information content (AvgIpc) is 2.54. The molecule has 2 heterocycles. The fourth-order valence-electron chi connectivity index (χ4n) is 1.28. The Labute approximate surface area is 96.0 Å². The summed E-state index contributed by atoms with van der Waals surface area (Å²) in [6.45, 7) is 0. The first-order valence-electron chi connectivity index (χ1n) is 4.13. The highest BCUT2D eigenvalue weighted by Crippen LogP contribution is 2.30. The molecule has 0 bridgehead atoms. The van der Waals surface area contributed by atoms with Crippen LogP contribution < -0.4 is 0 Å². The van der Waals surface area contributed by atoms with Gasteiger partial charge in [0.15, 0.2) is 6.29 Å². The zero-order chi connectivity index (χ0) is 11.9. The van der Waals surface area contributed by atoms with Crippen molar-refractivity contribution in [2.75, 3.05) is 0 Å². The van der Waals surface area contributed by atoms with E-state index in [2.05, 4.69) is 20.9 Å². The maximum Gasteiger partial charge on any atom is 0.417 e. The van der Waals surface area contributed by atoms with Crippen molar-refractivity contribution in [3.05, 3.63) is 34.2 Å². The lowest BCUT2D eigenvalue weighted by Gasteiger charge is -2.06. The Morgan fingerprint density at radius 1 is 1.38 bits per heavy atom. The van der Waals surface area contributed by atoms with Crippen LogP contribution in [0.2, 0.25) is 0 Å². The van der Waals surface area contributed by atoms with Gasteiger partial charge < -0.3 is 0 Å². The van der Waals surface area contributed by atoms with Gasteiger partial charge in [-0.3, -0.25) is 9.20 Å². The summed E-state index contributed by atoms with van der Waals surface area (Å²) in [5.41, 5.74) is -0.447. The Kier molecular flexibility index (Phi) is 2.49. The third-order valence-corrected chi connectivity index (χ3v) is 2.81. The topological polar surface area (TPSA) is 34.4 Å². The van der Waals surface area contributed by atoms with E-state index in [0.29, 0.717) is 6.29 Å². The number of aldehydes is 1. The van der Waals surface area contributed by atoms with Crippen molar-refractivity contribution in [2.24, 2.45) is 0 Å². The summed E-state index contributed by atoms with van der Waals surface area (Å²) < 4.78 is 38.6. The van der Waals surface area contributed by atoms with Gasteiger partial charge in [0.05, 0.1) is 5.56 Å². The summed E-state index contributed by atoms with van der Waals surface area (Å²) in [6, 6.07) is 2.13. The molecule has 0 saturated carbocycles. The van der Waals surface area contributed by atoms with Gasteiger partial charge >= 0.3 is 6.18 Å².